The van der Waals surface area contributed by atoms with E-state index in [1.54, 1.807) is 12.2 Å². The lowest BCUT2D eigenvalue weighted by Crippen LogP contribution is -2.03. The first-order chi connectivity index (χ1) is 3.85. The van der Waals surface area contributed by atoms with Crippen molar-refractivity contribution in [2.45, 2.75) is 13.0 Å². The second kappa shape index (κ2) is 4.60. The van der Waals surface area contributed by atoms with Crippen molar-refractivity contribution in [3.05, 3.63) is 25.3 Å². The molecule has 0 atom stereocenters. The molecule has 0 aromatic rings. The molecule has 0 bridgehead atoms. The van der Waals surface area contributed by atoms with Gasteiger partial charge in [-0.25, -0.2) is 0 Å². The average molecular weight is 112 g/mol. The van der Waals surface area contributed by atoms with Gasteiger partial charge in [-0.15, -0.1) is 13.2 Å². The van der Waals surface area contributed by atoms with Crippen LogP contribution in [0, 0.1) is 0 Å². The fraction of sp³-hybridized carbons (Fsp3) is 0.429. The molecular formula is C7H12O. The van der Waals surface area contributed by atoms with E-state index in [2.05, 4.69) is 13.2 Å². The van der Waals surface area contributed by atoms with Gasteiger partial charge in [-0.1, -0.05) is 12.2 Å². The van der Waals surface area contributed by atoms with Gasteiger partial charge in [0.05, 0.1) is 6.10 Å². The minimum atomic E-state index is 0.0278. The summed E-state index contributed by atoms with van der Waals surface area (Å²) in [7, 11) is 0. The Labute approximate surface area is 50.7 Å². The minimum Gasteiger partial charge on any atom is -0.370 e. The SMILES string of the molecule is C=CC(C=C)OCC. The highest BCUT2D eigenvalue weighted by atomic mass is 16.5. The highest BCUT2D eigenvalue weighted by Crippen LogP contribution is 1.91. The predicted octanol–water partition coefficient (Wildman–Crippen LogP) is 1.76. The molecule has 8 heavy (non-hydrogen) atoms. The van der Waals surface area contributed by atoms with Gasteiger partial charge in [0.25, 0.3) is 0 Å². The maximum atomic E-state index is 5.10. The Kier molecular flexibility index (Phi) is 4.27. The summed E-state index contributed by atoms with van der Waals surface area (Å²) in [6, 6.07) is 0. The van der Waals surface area contributed by atoms with Crippen LogP contribution in [0.2, 0.25) is 0 Å². The molecule has 0 heterocycles. The van der Waals surface area contributed by atoms with E-state index in [1.165, 1.54) is 0 Å². The summed E-state index contributed by atoms with van der Waals surface area (Å²) in [5.74, 6) is 0. The number of rotatable bonds is 4. The Morgan fingerprint density at radius 2 is 2.00 bits per heavy atom. The quantitative estimate of drug-likeness (QED) is 0.503. The first-order valence-corrected chi connectivity index (χ1v) is 2.71. The molecule has 46 valence electrons. The molecule has 0 aliphatic heterocycles. The smallest absolute Gasteiger partial charge is 0.0932 e. The van der Waals surface area contributed by atoms with Crippen molar-refractivity contribution in [3.8, 4) is 0 Å². The van der Waals surface area contributed by atoms with E-state index in [-0.39, 0.29) is 6.10 Å². The summed E-state index contributed by atoms with van der Waals surface area (Å²) >= 11 is 0. The Balaban J connectivity index is 3.35. The third kappa shape index (κ3) is 2.59. The molecule has 0 spiro atoms. The summed E-state index contributed by atoms with van der Waals surface area (Å²) in [6.45, 7) is 9.76. The fourth-order valence-electron chi connectivity index (χ4n) is 0.425. The van der Waals surface area contributed by atoms with Crippen LogP contribution in [-0.4, -0.2) is 12.7 Å². The molecule has 0 radical (unpaired) electrons. The molecule has 0 unspecified atom stereocenters. The second-order valence-corrected chi connectivity index (χ2v) is 1.39. The van der Waals surface area contributed by atoms with Gasteiger partial charge in [0.2, 0.25) is 0 Å². The van der Waals surface area contributed by atoms with Crippen molar-refractivity contribution in [1.82, 2.24) is 0 Å². The lowest BCUT2D eigenvalue weighted by atomic mass is 10.3. The number of hydrogen-bond donors (Lipinski definition) is 0. The highest BCUT2D eigenvalue weighted by molar-refractivity contribution is 4.93. The lowest BCUT2D eigenvalue weighted by molar-refractivity contribution is 0.128. The van der Waals surface area contributed by atoms with Crippen LogP contribution in [0.25, 0.3) is 0 Å². The van der Waals surface area contributed by atoms with Crippen LogP contribution in [-0.2, 0) is 4.74 Å². The van der Waals surface area contributed by atoms with E-state index >= 15 is 0 Å². The molecule has 0 N–H and O–H groups in total. The Hall–Kier alpha value is -0.560. The van der Waals surface area contributed by atoms with Gasteiger partial charge in [0, 0.05) is 6.61 Å². The summed E-state index contributed by atoms with van der Waals surface area (Å²) < 4.78 is 5.10. The molecule has 1 heteroatoms. The monoisotopic (exact) mass is 112 g/mol. The van der Waals surface area contributed by atoms with Crippen LogP contribution in [0.15, 0.2) is 25.3 Å². The molecule has 0 aromatic heterocycles. The van der Waals surface area contributed by atoms with Gasteiger partial charge >= 0.3 is 0 Å². The van der Waals surface area contributed by atoms with Gasteiger partial charge in [-0.2, -0.15) is 0 Å². The molecule has 0 amide bonds. The second-order valence-electron chi connectivity index (χ2n) is 1.39. The zero-order valence-electron chi connectivity index (χ0n) is 5.26. The maximum Gasteiger partial charge on any atom is 0.0932 e. The molecule has 0 fully saturated rings. The van der Waals surface area contributed by atoms with Crippen molar-refractivity contribution < 1.29 is 4.74 Å². The van der Waals surface area contributed by atoms with Gasteiger partial charge in [0.15, 0.2) is 0 Å². The van der Waals surface area contributed by atoms with E-state index in [4.69, 9.17) is 4.74 Å². The van der Waals surface area contributed by atoms with Crippen molar-refractivity contribution in [2.75, 3.05) is 6.61 Å². The molecule has 0 saturated heterocycles. The normalized spacial score (nSPS) is 9.25. The zero-order chi connectivity index (χ0) is 6.41. The molecule has 0 aromatic carbocycles. The fourth-order valence-corrected chi connectivity index (χ4v) is 0.425. The zero-order valence-corrected chi connectivity index (χ0v) is 5.26. The summed E-state index contributed by atoms with van der Waals surface area (Å²) in [4.78, 5) is 0. The first-order valence-electron chi connectivity index (χ1n) is 2.71. The van der Waals surface area contributed by atoms with E-state index in [1.807, 2.05) is 6.92 Å². The van der Waals surface area contributed by atoms with Crippen LogP contribution in [0.3, 0.4) is 0 Å². The van der Waals surface area contributed by atoms with Crippen LogP contribution >= 0.6 is 0 Å². The minimum absolute atomic E-state index is 0.0278. The third-order valence-corrected chi connectivity index (χ3v) is 0.824. The largest absolute Gasteiger partial charge is 0.370 e. The molecule has 1 nitrogen and oxygen atoms in total. The standard InChI is InChI=1S/C7H12O/c1-4-7(5-2)8-6-3/h4-5,7H,1-2,6H2,3H3. The van der Waals surface area contributed by atoms with Crippen molar-refractivity contribution in [1.29, 1.82) is 0 Å². The number of ether oxygens (including phenoxy) is 1. The molecule has 0 aliphatic carbocycles. The van der Waals surface area contributed by atoms with Crippen molar-refractivity contribution in [2.24, 2.45) is 0 Å². The van der Waals surface area contributed by atoms with Gasteiger partial charge in [-0.3, -0.25) is 0 Å². The third-order valence-electron chi connectivity index (χ3n) is 0.824. The van der Waals surface area contributed by atoms with Crippen molar-refractivity contribution in [3.63, 3.8) is 0 Å². The van der Waals surface area contributed by atoms with Crippen LogP contribution < -0.4 is 0 Å². The Morgan fingerprint density at radius 1 is 1.50 bits per heavy atom. The van der Waals surface area contributed by atoms with Crippen LogP contribution in [0.1, 0.15) is 6.92 Å². The average Bonchev–Trinajstić information content (AvgIpc) is 1.83. The highest BCUT2D eigenvalue weighted by Gasteiger charge is 1.91. The van der Waals surface area contributed by atoms with Gasteiger partial charge in [-0.05, 0) is 6.92 Å². The summed E-state index contributed by atoms with van der Waals surface area (Å²) in [6.07, 6.45) is 3.47. The van der Waals surface area contributed by atoms with E-state index in [9.17, 15) is 0 Å². The molecule has 0 rings (SSSR count). The van der Waals surface area contributed by atoms with Crippen molar-refractivity contribution >= 4 is 0 Å². The van der Waals surface area contributed by atoms with E-state index < -0.39 is 0 Å². The van der Waals surface area contributed by atoms with E-state index in [0.29, 0.717) is 6.61 Å². The maximum absolute atomic E-state index is 5.10. The number of hydrogen-bond acceptors (Lipinski definition) is 1. The molecular weight excluding hydrogens is 100 g/mol. The van der Waals surface area contributed by atoms with Crippen LogP contribution in [0.4, 0.5) is 0 Å². The van der Waals surface area contributed by atoms with Gasteiger partial charge < -0.3 is 4.74 Å². The first kappa shape index (κ1) is 7.44. The van der Waals surface area contributed by atoms with Crippen LogP contribution in [0.5, 0.6) is 0 Å². The molecule has 0 aliphatic rings. The Morgan fingerprint density at radius 3 is 2.12 bits per heavy atom. The van der Waals surface area contributed by atoms with Gasteiger partial charge in [0.1, 0.15) is 0 Å². The predicted molar refractivity (Wildman–Crippen MR) is 35.8 cm³/mol. The molecule has 0 saturated carbocycles. The topological polar surface area (TPSA) is 9.23 Å². The lowest BCUT2D eigenvalue weighted by Gasteiger charge is -2.04. The summed E-state index contributed by atoms with van der Waals surface area (Å²) in [5, 5.41) is 0. The van der Waals surface area contributed by atoms with E-state index in [0.717, 1.165) is 0 Å². The Bertz CT molecular complexity index is 68.5. The summed E-state index contributed by atoms with van der Waals surface area (Å²) in [5.41, 5.74) is 0.